The van der Waals surface area contributed by atoms with Gasteiger partial charge in [-0.2, -0.15) is 0 Å². The molecule has 0 aliphatic heterocycles. The fourth-order valence-corrected chi connectivity index (χ4v) is 2.95. The van der Waals surface area contributed by atoms with Gasteiger partial charge in [-0.1, -0.05) is 26.3 Å². The van der Waals surface area contributed by atoms with Crippen molar-refractivity contribution >= 4 is 24.2 Å². The van der Waals surface area contributed by atoms with E-state index in [0.29, 0.717) is 12.0 Å². The molecule has 1 unspecified atom stereocenters. The highest BCUT2D eigenvalue weighted by molar-refractivity contribution is 5.81. The SMILES string of the molecule is CCCC(C)C(=O)OCC[C@@](N)(Cc1ccc(OC(=O)OC)c(OC(=O)OC)c1)C(=O)OC. The molecule has 11 heteroatoms. The molecule has 0 saturated carbocycles. The van der Waals surface area contributed by atoms with Crippen molar-refractivity contribution in [1.29, 1.82) is 0 Å². The molecule has 0 amide bonds. The molecule has 0 aliphatic rings. The Kier molecular flexibility index (Phi) is 11.1. The summed E-state index contributed by atoms with van der Waals surface area (Å²) in [4.78, 5) is 47.5. The van der Waals surface area contributed by atoms with E-state index in [2.05, 4.69) is 9.47 Å². The van der Waals surface area contributed by atoms with E-state index in [1.165, 1.54) is 25.3 Å². The van der Waals surface area contributed by atoms with Crippen molar-refractivity contribution in [2.45, 2.75) is 45.1 Å². The minimum Gasteiger partial charge on any atom is -0.468 e. The highest BCUT2D eigenvalue weighted by Crippen LogP contribution is 2.31. The van der Waals surface area contributed by atoms with Gasteiger partial charge in [-0.25, -0.2) is 9.59 Å². The van der Waals surface area contributed by atoms with Gasteiger partial charge in [0.15, 0.2) is 11.5 Å². The minimum atomic E-state index is -1.55. The first kappa shape index (κ1) is 27.7. The first-order valence-electron chi connectivity index (χ1n) is 10.3. The Morgan fingerprint density at radius 2 is 1.58 bits per heavy atom. The zero-order chi connectivity index (χ0) is 25.0. The van der Waals surface area contributed by atoms with Gasteiger partial charge in [-0.3, -0.25) is 9.59 Å². The minimum absolute atomic E-state index is 0.0160. The van der Waals surface area contributed by atoms with E-state index in [-0.39, 0.29) is 42.8 Å². The van der Waals surface area contributed by atoms with Crippen LogP contribution in [-0.4, -0.2) is 57.7 Å². The second-order valence-electron chi connectivity index (χ2n) is 7.33. The van der Waals surface area contributed by atoms with Crippen molar-refractivity contribution in [1.82, 2.24) is 0 Å². The molecule has 0 aliphatic carbocycles. The molecule has 0 saturated heterocycles. The third-order valence-electron chi connectivity index (χ3n) is 4.76. The Morgan fingerprint density at radius 1 is 0.970 bits per heavy atom. The highest BCUT2D eigenvalue weighted by atomic mass is 16.7. The second kappa shape index (κ2) is 13.3. The van der Waals surface area contributed by atoms with Crippen LogP contribution in [0.15, 0.2) is 18.2 Å². The number of methoxy groups -OCH3 is 3. The van der Waals surface area contributed by atoms with Gasteiger partial charge in [-0.15, -0.1) is 0 Å². The van der Waals surface area contributed by atoms with Crippen molar-refractivity contribution in [3.63, 3.8) is 0 Å². The second-order valence-corrected chi connectivity index (χ2v) is 7.33. The summed E-state index contributed by atoms with van der Waals surface area (Å²) in [5.74, 6) is -1.62. The third kappa shape index (κ3) is 8.60. The molecule has 0 spiro atoms. The standard InChI is InChI=1S/C22H31NO10/c1-6-7-14(2)18(24)31-11-10-22(23,19(25)28-3)13-15-8-9-16(32-20(26)29-4)17(12-15)33-21(27)30-5/h8-9,12,14H,6-7,10-11,13,23H2,1-5H3/t14?,22-/m1/s1. The van der Waals surface area contributed by atoms with Crippen molar-refractivity contribution in [2.75, 3.05) is 27.9 Å². The van der Waals surface area contributed by atoms with Crippen LogP contribution in [0.2, 0.25) is 0 Å². The molecule has 184 valence electrons. The van der Waals surface area contributed by atoms with E-state index in [0.717, 1.165) is 20.6 Å². The van der Waals surface area contributed by atoms with Gasteiger partial charge in [0.05, 0.1) is 33.9 Å². The predicted octanol–water partition coefficient (Wildman–Crippen LogP) is 2.76. The lowest BCUT2D eigenvalue weighted by Gasteiger charge is -2.27. The average molecular weight is 469 g/mol. The first-order valence-corrected chi connectivity index (χ1v) is 10.3. The van der Waals surface area contributed by atoms with Gasteiger partial charge in [0.25, 0.3) is 0 Å². The molecule has 0 heterocycles. The van der Waals surface area contributed by atoms with Gasteiger partial charge in [0.2, 0.25) is 0 Å². The maximum Gasteiger partial charge on any atom is 0.513 e. The summed E-state index contributed by atoms with van der Waals surface area (Å²) in [6, 6.07) is 4.21. The zero-order valence-corrected chi connectivity index (χ0v) is 19.5. The van der Waals surface area contributed by atoms with Gasteiger partial charge in [-0.05, 0) is 24.1 Å². The lowest BCUT2D eigenvalue weighted by Crippen LogP contribution is -2.51. The van der Waals surface area contributed by atoms with Gasteiger partial charge in [0.1, 0.15) is 5.54 Å². The van der Waals surface area contributed by atoms with E-state index in [4.69, 9.17) is 24.7 Å². The monoisotopic (exact) mass is 469 g/mol. The van der Waals surface area contributed by atoms with Gasteiger partial charge in [0, 0.05) is 12.8 Å². The molecule has 11 nitrogen and oxygen atoms in total. The molecule has 0 radical (unpaired) electrons. The van der Waals surface area contributed by atoms with Gasteiger partial charge >= 0.3 is 24.2 Å². The zero-order valence-electron chi connectivity index (χ0n) is 19.5. The van der Waals surface area contributed by atoms with E-state index in [9.17, 15) is 19.2 Å². The summed E-state index contributed by atoms with van der Waals surface area (Å²) in [5.41, 5.74) is 5.22. The van der Waals surface area contributed by atoms with Crippen molar-refractivity contribution < 1.29 is 47.6 Å². The Hall–Kier alpha value is -3.34. The van der Waals surface area contributed by atoms with Crippen LogP contribution in [0.4, 0.5) is 9.59 Å². The molecule has 0 fully saturated rings. The lowest BCUT2D eigenvalue weighted by molar-refractivity contribution is -0.153. The Morgan fingerprint density at radius 3 is 2.12 bits per heavy atom. The number of rotatable bonds is 11. The average Bonchev–Trinajstić information content (AvgIpc) is 2.79. The number of ether oxygens (including phenoxy) is 6. The normalized spacial score (nSPS) is 13.2. The molecule has 0 bridgehead atoms. The third-order valence-corrected chi connectivity index (χ3v) is 4.76. The number of hydrogen-bond donors (Lipinski definition) is 1. The molecule has 1 aromatic carbocycles. The highest BCUT2D eigenvalue weighted by Gasteiger charge is 2.36. The summed E-state index contributed by atoms with van der Waals surface area (Å²) in [7, 11) is 3.42. The van der Waals surface area contributed by atoms with E-state index in [1.54, 1.807) is 6.92 Å². The predicted molar refractivity (Wildman–Crippen MR) is 115 cm³/mol. The number of benzene rings is 1. The van der Waals surface area contributed by atoms with E-state index >= 15 is 0 Å². The van der Waals surface area contributed by atoms with Crippen molar-refractivity contribution in [3.8, 4) is 11.5 Å². The van der Waals surface area contributed by atoms with E-state index in [1.807, 2.05) is 6.92 Å². The Balaban J connectivity index is 3.07. The first-order chi connectivity index (χ1) is 15.6. The molecular weight excluding hydrogens is 438 g/mol. The van der Waals surface area contributed by atoms with E-state index < -0.39 is 23.8 Å². The Labute approximate surface area is 192 Å². The molecule has 2 N–H and O–H groups in total. The summed E-state index contributed by atoms with van der Waals surface area (Å²) in [6.45, 7) is 3.64. The topological polar surface area (TPSA) is 150 Å². The van der Waals surface area contributed by atoms with Crippen LogP contribution >= 0.6 is 0 Å². The Bertz CT molecular complexity index is 840. The van der Waals surface area contributed by atoms with Crippen LogP contribution in [0.3, 0.4) is 0 Å². The van der Waals surface area contributed by atoms with Gasteiger partial charge < -0.3 is 34.2 Å². The maximum absolute atomic E-state index is 12.4. The lowest BCUT2D eigenvalue weighted by atomic mass is 9.88. The van der Waals surface area contributed by atoms with Crippen LogP contribution in [0.5, 0.6) is 11.5 Å². The maximum atomic E-state index is 12.4. The fraction of sp³-hybridized carbons (Fsp3) is 0.545. The van der Waals surface area contributed by atoms with Crippen LogP contribution in [0, 0.1) is 5.92 Å². The molecular formula is C22H31NO10. The van der Waals surface area contributed by atoms with Crippen LogP contribution in [-0.2, 0) is 35.0 Å². The molecule has 33 heavy (non-hydrogen) atoms. The number of carbonyl (C=O) groups excluding carboxylic acids is 4. The number of carbonyl (C=O) groups is 4. The van der Waals surface area contributed by atoms with Crippen molar-refractivity contribution in [3.05, 3.63) is 23.8 Å². The summed E-state index contributed by atoms with van der Waals surface area (Å²) in [5, 5.41) is 0. The quantitative estimate of drug-likeness (QED) is 0.289. The number of nitrogens with two attached hydrogens (primary N) is 1. The smallest absolute Gasteiger partial charge is 0.468 e. The van der Waals surface area contributed by atoms with Crippen LogP contribution in [0.25, 0.3) is 0 Å². The van der Waals surface area contributed by atoms with Crippen LogP contribution in [0.1, 0.15) is 38.7 Å². The number of esters is 2. The molecule has 1 rings (SSSR count). The molecule has 1 aromatic rings. The largest absolute Gasteiger partial charge is 0.513 e. The summed E-state index contributed by atoms with van der Waals surface area (Å²) < 4.78 is 29.0. The molecule has 2 atom stereocenters. The van der Waals surface area contributed by atoms with Crippen molar-refractivity contribution in [2.24, 2.45) is 11.7 Å². The van der Waals surface area contributed by atoms with Crippen LogP contribution < -0.4 is 15.2 Å². The summed E-state index contributed by atoms with van der Waals surface area (Å²) >= 11 is 0. The number of hydrogen-bond acceptors (Lipinski definition) is 11. The fourth-order valence-electron chi connectivity index (χ4n) is 2.95. The molecule has 0 aromatic heterocycles. The summed E-state index contributed by atoms with van der Waals surface area (Å²) in [6.07, 6.45) is -0.631.